The number of imide groups is 1. The van der Waals surface area contributed by atoms with E-state index in [2.05, 4.69) is 15.8 Å². The van der Waals surface area contributed by atoms with Crippen molar-refractivity contribution >= 4 is 34.9 Å². The van der Waals surface area contributed by atoms with Crippen molar-refractivity contribution in [3.05, 3.63) is 95.0 Å². The largest absolute Gasteiger partial charge is 0.487 e. The van der Waals surface area contributed by atoms with Crippen molar-refractivity contribution in [2.75, 3.05) is 11.9 Å². The number of ether oxygens (including phenoxy) is 1. The van der Waals surface area contributed by atoms with Gasteiger partial charge in [0.1, 0.15) is 18.1 Å². The van der Waals surface area contributed by atoms with Gasteiger partial charge in [0.2, 0.25) is 0 Å². The van der Waals surface area contributed by atoms with E-state index in [1.165, 1.54) is 6.07 Å². The lowest BCUT2D eigenvalue weighted by molar-refractivity contribution is 0.0967. The Hall–Kier alpha value is -3.84. The van der Waals surface area contributed by atoms with Gasteiger partial charge in [0.05, 0.1) is 10.6 Å². The topological polar surface area (TPSA) is 100 Å². The van der Waals surface area contributed by atoms with Gasteiger partial charge in [0.15, 0.2) is 0 Å². The lowest BCUT2D eigenvalue weighted by Gasteiger charge is -2.10. The molecule has 3 aromatic carbocycles. The van der Waals surface area contributed by atoms with Gasteiger partial charge in [0, 0.05) is 11.3 Å². The second-order valence-corrected chi connectivity index (χ2v) is 6.52. The van der Waals surface area contributed by atoms with E-state index < -0.39 is 11.9 Å². The number of nitrogens with one attached hydrogen (secondary N) is 2. The van der Waals surface area contributed by atoms with Crippen LogP contribution in [0.15, 0.2) is 84.0 Å². The van der Waals surface area contributed by atoms with Gasteiger partial charge in [-0.3, -0.25) is 10.1 Å². The van der Waals surface area contributed by atoms with Gasteiger partial charge in [-0.1, -0.05) is 59.2 Å². The van der Waals surface area contributed by atoms with E-state index in [0.717, 1.165) is 5.56 Å². The van der Waals surface area contributed by atoms with Crippen molar-refractivity contribution in [2.45, 2.75) is 0 Å². The molecule has 0 unspecified atom stereocenters. The molecule has 3 amide bonds. The fourth-order valence-corrected chi connectivity index (χ4v) is 2.79. The summed E-state index contributed by atoms with van der Waals surface area (Å²) in [7, 11) is 0. The molecule has 0 saturated carbocycles. The van der Waals surface area contributed by atoms with Crippen molar-refractivity contribution in [1.82, 2.24) is 5.32 Å². The molecule has 0 radical (unpaired) electrons. The number of carbonyl (C=O) groups excluding carboxylic acids is 2. The monoisotopic (exact) mass is 423 g/mol. The highest BCUT2D eigenvalue weighted by Crippen LogP contribution is 2.17. The van der Waals surface area contributed by atoms with Crippen molar-refractivity contribution in [3.63, 3.8) is 0 Å². The molecule has 0 bridgehead atoms. The number of benzene rings is 3. The first-order chi connectivity index (χ1) is 14.6. The van der Waals surface area contributed by atoms with Crippen molar-refractivity contribution in [3.8, 4) is 5.75 Å². The molecule has 0 fully saturated rings. The molecule has 3 aromatic rings. The van der Waals surface area contributed by atoms with E-state index in [0.29, 0.717) is 17.1 Å². The van der Waals surface area contributed by atoms with E-state index in [1.807, 2.05) is 30.3 Å². The Labute approximate surface area is 177 Å². The van der Waals surface area contributed by atoms with Crippen LogP contribution in [0.4, 0.5) is 10.5 Å². The van der Waals surface area contributed by atoms with Crippen molar-refractivity contribution in [2.24, 2.45) is 5.16 Å². The molecule has 0 aliphatic carbocycles. The number of amides is 3. The number of nitrogens with zero attached hydrogens (tertiary/aromatic N) is 1. The van der Waals surface area contributed by atoms with E-state index in [9.17, 15) is 14.8 Å². The summed E-state index contributed by atoms with van der Waals surface area (Å²) >= 11 is 5.95. The van der Waals surface area contributed by atoms with Crippen LogP contribution < -0.4 is 15.4 Å². The van der Waals surface area contributed by atoms with Crippen LogP contribution in [0.2, 0.25) is 5.02 Å². The zero-order valence-corrected chi connectivity index (χ0v) is 16.5. The lowest BCUT2D eigenvalue weighted by atomic mass is 10.1. The minimum absolute atomic E-state index is 0.0696. The summed E-state index contributed by atoms with van der Waals surface area (Å²) in [6, 6.07) is 21.4. The molecule has 8 heteroatoms. The van der Waals surface area contributed by atoms with Gasteiger partial charge in [-0.15, -0.1) is 0 Å². The molecular formula is C22H18ClN3O4. The Morgan fingerprint density at radius 3 is 2.27 bits per heavy atom. The average Bonchev–Trinajstić information content (AvgIpc) is 2.76. The van der Waals surface area contributed by atoms with Gasteiger partial charge in [-0.25, -0.2) is 4.79 Å². The molecule has 0 atom stereocenters. The number of anilines is 1. The first kappa shape index (κ1) is 20.9. The summed E-state index contributed by atoms with van der Waals surface area (Å²) < 4.78 is 5.62. The van der Waals surface area contributed by atoms with Crippen LogP contribution in [-0.2, 0) is 0 Å². The molecule has 0 aromatic heterocycles. The molecule has 0 aliphatic rings. The maximum atomic E-state index is 12.1. The molecule has 3 rings (SSSR count). The van der Waals surface area contributed by atoms with E-state index >= 15 is 0 Å². The van der Waals surface area contributed by atoms with Crippen LogP contribution in [-0.4, -0.2) is 29.5 Å². The molecule has 0 aliphatic heterocycles. The zero-order chi connectivity index (χ0) is 21.3. The Bertz CT molecular complexity index is 1050. The van der Waals surface area contributed by atoms with Gasteiger partial charge in [-0.2, -0.15) is 0 Å². The molecule has 30 heavy (non-hydrogen) atoms. The highest BCUT2D eigenvalue weighted by Gasteiger charge is 2.13. The quantitative estimate of drug-likeness (QED) is 0.307. The summed E-state index contributed by atoms with van der Waals surface area (Å²) in [5.74, 6) is -0.0834. The van der Waals surface area contributed by atoms with Crippen LogP contribution in [0.5, 0.6) is 5.75 Å². The number of rotatable bonds is 6. The van der Waals surface area contributed by atoms with Gasteiger partial charge in [0.25, 0.3) is 5.91 Å². The fraction of sp³-hybridized carbons (Fsp3) is 0.0455. The Kier molecular flexibility index (Phi) is 7.02. The minimum atomic E-state index is -0.688. The standard InChI is InChI=1S/C22H18ClN3O4/c23-19-9-5-4-8-18(19)21(27)25-22(28)24-16-10-12-17(13-11-16)30-14-20(26-29)15-6-2-1-3-7-15/h1-13,29H,14H2,(H2,24,25,27,28)/b26-20+. The Balaban J connectivity index is 1.53. The number of halogens is 1. The summed E-state index contributed by atoms with van der Waals surface area (Å²) in [6.07, 6.45) is 0. The summed E-state index contributed by atoms with van der Waals surface area (Å²) in [6.45, 7) is 0.0696. The van der Waals surface area contributed by atoms with Crippen molar-refractivity contribution < 1.29 is 19.5 Å². The van der Waals surface area contributed by atoms with E-state index in [1.54, 1.807) is 42.5 Å². The van der Waals surface area contributed by atoms with Gasteiger partial charge in [-0.05, 0) is 36.4 Å². The number of hydrogen-bond acceptors (Lipinski definition) is 5. The normalized spacial score (nSPS) is 10.9. The highest BCUT2D eigenvalue weighted by molar-refractivity contribution is 6.34. The molecule has 3 N–H and O–H groups in total. The molecular weight excluding hydrogens is 406 g/mol. The Morgan fingerprint density at radius 2 is 1.60 bits per heavy atom. The molecule has 0 saturated heterocycles. The SMILES string of the molecule is O=C(NC(=O)c1ccccc1Cl)Nc1ccc(OC/C(=N\O)c2ccccc2)cc1. The molecule has 0 heterocycles. The summed E-state index contributed by atoms with van der Waals surface area (Å²) in [5, 5.41) is 17.5. The maximum absolute atomic E-state index is 12.1. The van der Waals surface area contributed by atoms with Crippen LogP contribution in [0.3, 0.4) is 0 Å². The first-order valence-electron chi connectivity index (χ1n) is 8.93. The second kappa shape index (κ2) is 10.1. The second-order valence-electron chi connectivity index (χ2n) is 6.11. The smallest absolute Gasteiger partial charge is 0.326 e. The van der Waals surface area contributed by atoms with Gasteiger partial charge < -0.3 is 15.3 Å². The average molecular weight is 424 g/mol. The number of hydrogen-bond donors (Lipinski definition) is 3. The molecule has 152 valence electrons. The first-order valence-corrected chi connectivity index (χ1v) is 9.30. The summed E-state index contributed by atoms with van der Waals surface area (Å²) in [5.41, 5.74) is 1.80. The van der Waals surface area contributed by atoms with Gasteiger partial charge >= 0.3 is 6.03 Å². The molecule has 0 spiro atoms. The van der Waals surface area contributed by atoms with Crippen LogP contribution in [0, 0.1) is 0 Å². The maximum Gasteiger partial charge on any atom is 0.326 e. The number of oxime groups is 1. The summed E-state index contributed by atoms with van der Waals surface area (Å²) in [4.78, 5) is 24.1. The minimum Gasteiger partial charge on any atom is -0.487 e. The number of carbonyl (C=O) groups is 2. The Morgan fingerprint density at radius 1 is 0.933 bits per heavy atom. The van der Waals surface area contributed by atoms with Crippen LogP contribution in [0.1, 0.15) is 15.9 Å². The van der Waals surface area contributed by atoms with E-state index in [-0.39, 0.29) is 17.2 Å². The van der Waals surface area contributed by atoms with E-state index in [4.69, 9.17) is 16.3 Å². The predicted octanol–water partition coefficient (Wildman–Crippen LogP) is 4.56. The zero-order valence-electron chi connectivity index (χ0n) is 15.7. The van der Waals surface area contributed by atoms with Crippen molar-refractivity contribution in [1.29, 1.82) is 0 Å². The molecule has 7 nitrogen and oxygen atoms in total. The van der Waals surface area contributed by atoms with Crippen LogP contribution >= 0.6 is 11.6 Å². The third-order valence-corrected chi connectivity index (χ3v) is 4.39. The van der Waals surface area contributed by atoms with Crippen LogP contribution in [0.25, 0.3) is 0 Å². The number of urea groups is 1. The highest BCUT2D eigenvalue weighted by atomic mass is 35.5. The third-order valence-electron chi connectivity index (χ3n) is 4.06. The third kappa shape index (κ3) is 5.59. The fourth-order valence-electron chi connectivity index (χ4n) is 2.56. The lowest BCUT2D eigenvalue weighted by Crippen LogP contribution is -2.34. The predicted molar refractivity (Wildman–Crippen MR) is 115 cm³/mol.